The molecular formula is C18H15ClN4OS. The quantitative estimate of drug-likeness (QED) is 0.671. The maximum absolute atomic E-state index is 11.9. The minimum atomic E-state index is -0.0573. The largest absolute Gasteiger partial charge is 0.351 e. The van der Waals surface area contributed by atoms with Gasteiger partial charge in [0, 0.05) is 29.5 Å². The number of amides is 1. The van der Waals surface area contributed by atoms with Gasteiger partial charge in [-0.25, -0.2) is 0 Å². The summed E-state index contributed by atoms with van der Waals surface area (Å²) in [6.45, 7) is 0.474. The van der Waals surface area contributed by atoms with Crippen LogP contribution in [0.4, 0.5) is 0 Å². The molecule has 0 aliphatic heterocycles. The molecule has 25 heavy (non-hydrogen) atoms. The number of nitrogens with one attached hydrogen (secondary N) is 1. The average molecular weight is 371 g/mol. The van der Waals surface area contributed by atoms with Crippen molar-refractivity contribution < 1.29 is 4.79 Å². The fraction of sp³-hybridized carbons (Fsp3) is 0.111. The minimum Gasteiger partial charge on any atom is -0.351 e. The number of carbonyl (C=O) groups excluding carboxylic acids is 1. The topological polar surface area (TPSA) is 67.8 Å². The fourth-order valence-corrected chi connectivity index (χ4v) is 2.83. The van der Waals surface area contributed by atoms with Crippen LogP contribution in [0.25, 0.3) is 11.3 Å². The number of nitrogens with zero attached hydrogens (tertiary/aromatic N) is 3. The molecular weight excluding hydrogens is 356 g/mol. The van der Waals surface area contributed by atoms with Crippen molar-refractivity contribution in [3.63, 3.8) is 0 Å². The van der Waals surface area contributed by atoms with Gasteiger partial charge in [-0.05, 0) is 42.0 Å². The molecule has 3 rings (SSSR count). The summed E-state index contributed by atoms with van der Waals surface area (Å²) in [5.41, 5.74) is 2.67. The predicted molar refractivity (Wildman–Crippen MR) is 99.3 cm³/mol. The highest BCUT2D eigenvalue weighted by Crippen LogP contribution is 2.18. The van der Waals surface area contributed by atoms with Gasteiger partial charge in [0.25, 0.3) is 0 Å². The highest BCUT2D eigenvalue weighted by atomic mass is 35.5. The number of hydrogen-bond acceptors (Lipinski definition) is 5. The molecule has 0 saturated carbocycles. The van der Waals surface area contributed by atoms with Gasteiger partial charge in [-0.1, -0.05) is 35.5 Å². The first-order valence-corrected chi connectivity index (χ1v) is 8.95. The average Bonchev–Trinajstić information content (AvgIpc) is 2.67. The van der Waals surface area contributed by atoms with Crippen LogP contribution in [0.15, 0.2) is 66.0 Å². The summed E-state index contributed by atoms with van der Waals surface area (Å²) in [6, 6.07) is 14.9. The standard InChI is InChI=1S/C18H15ClN4OS/c19-15-5-3-13(4-6-15)10-21-17(24)12-25-18-8-7-16(22-23-18)14-2-1-9-20-11-14/h1-9,11H,10,12H2,(H,21,24). The highest BCUT2D eigenvalue weighted by molar-refractivity contribution is 7.99. The van der Waals surface area contributed by atoms with Crippen molar-refractivity contribution in [2.75, 3.05) is 5.75 Å². The van der Waals surface area contributed by atoms with E-state index in [1.165, 1.54) is 11.8 Å². The van der Waals surface area contributed by atoms with Gasteiger partial charge in [-0.15, -0.1) is 10.2 Å². The Kier molecular flexibility index (Phi) is 5.98. The lowest BCUT2D eigenvalue weighted by Crippen LogP contribution is -2.24. The van der Waals surface area contributed by atoms with Gasteiger partial charge in [0.15, 0.2) is 0 Å². The Morgan fingerprint density at radius 1 is 1.08 bits per heavy atom. The van der Waals surface area contributed by atoms with E-state index in [4.69, 9.17) is 11.6 Å². The number of thioether (sulfide) groups is 1. The summed E-state index contributed by atoms with van der Waals surface area (Å²) >= 11 is 7.18. The van der Waals surface area contributed by atoms with Crippen molar-refractivity contribution in [3.05, 3.63) is 71.5 Å². The molecule has 1 aromatic carbocycles. The molecule has 0 aliphatic rings. The van der Waals surface area contributed by atoms with Crippen molar-refractivity contribution in [2.24, 2.45) is 0 Å². The summed E-state index contributed by atoms with van der Waals surface area (Å²) in [7, 11) is 0. The molecule has 0 radical (unpaired) electrons. The van der Waals surface area contributed by atoms with Crippen molar-refractivity contribution in [1.82, 2.24) is 20.5 Å². The lowest BCUT2D eigenvalue weighted by molar-refractivity contribution is -0.118. The molecule has 2 heterocycles. The van der Waals surface area contributed by atoms with Gasteiger partial charge in [0.05, 0.1) is 11.4 Å². The van der Waals surface area contributed by atoms with Crippen molar-refractivity contribution in [3.8, 4) is 11.3 Å². The van der Waals surface area contributed by atoms with Crippen LogP contribution in [-0.2, 0) is 11.3 Å². The Morgan fingerprint density at radius 3 is 2.60 bits per heavy atom. The summed E-state index contributed by atoms with van der Waals surface area (Å²) in [5.74, 6) is 0.229. The molecule has 0 unspecified atom stereocenters. The second kappa shape index (κ2) is 8.60. The third-order valence-electron chi connectivity index (χ3n) is 3.35. The monoisotopic (exact) mass is 370 g/mol. The van der Waals surface area contributed by atoms with Crippen molar-refractivity contribution in [1.29, 1.82) is 0 Å². The van der Waals surface area contributed by atoms with E-state index in [1.807, 2.05) is 36.4 Å². The predicted octanol–water partition coefficient (Wildman–Crippen LogP) is 3.60. The van der Waals surface area contributed by atoms with Crippen LogP contribution in [0.2, 0.25) is 5.02 Å². The molecule has 0 saturated heterocycles. The second-order valence-corrected chi connectivity index (χ2v) is 6.62. The summed E-state index contributed by atoms with van der Waals surface area (Å²) in [5, 5.41) is 12.6. The Balaban J connectivity index is 1.48. The van der Waals surface area contributed by atoms with Crippen LogP contribution in [0.5, 0.6) is 0 Å². The Bertz CT molecular complexity index is 826. The number of carbonyl (C=O) groups is 1. The van der Waals surface area contributed by atoms with Gasteiger partial charge >= 0.3 is 0 Å². The molecule has 126 valence electrons. The third-order valence-corrected chi connectivity index (χ3v) is 4.52. The third kappa shape index (κ3) is 5.27. The molecule has 5 nitrogen and oxygen atoms in total. The minimum absolute atomic E-state index is 0.0573. The van der Waals surface area contributed by atoms with E-state index in [0.29, 0.717) is 16.6 Å². The highest BCUT2D eigenvalue weighted by Gasteiger charge is 2.06. The first-order valence-electron chi connectivity index (χ1n) is 7.59. The maximum Gasteiger partial charge on any atom is 0.230 e. The zero-order valence-corrected chi connectivity index (χ0v) is 14.8. The van der Waals surface area contributed by atoms with Crippen LogP contribution in [0.1, 0.15) is 5.56 Å². The number of aromatic nitrogens is 3. The Hall–Kier alpha value is -2.44. The lowest BCUT2D eigenvalue weighted by Gasteiger charge is -2.05. The summed E-state index contributed by atoms with van der Waals surface area (Å²) < 4.78 is 0. The fourth-order valence-electron chi connectivity index (χ4n) is 2.06. The molecule has 0 bridgehead atoms. The van der Waals surface area contributed by atoms with Crippen LogP contribution < -0.4 is 5.32 Å². The smallest absolute Gasteiger partial charge is 0.230 e. The molecule has 3 aromatic rings. The van der Waals surface area contributed by atoms with E-state index in [2.05, 4.69) is 20.5 Å². The SMILES string of the molecule is O=C(CSc1ccc(-c2cccnc2)nn1)NCc1ccc(Cl)cc1. The van der Waals surface area contributed by atoms with Gasteiger partial charge in [0.1, 0.15) is 5.03 Å². The second-order valence-electron chi connectivity index (χ2n) is 5.19. The number of benzene rings is 1. The van der Waals surface area contributed by atoms with E-state index in [-0.39, 0.29) is 11.7 Å². The zero-order valence-electron chi connectivity index (χ0n) is 13.2. The number of pyridine rings is 1. The Morgan fingerprint density at radius 2 is 1.92 bits per heavy atom. The zero-order chi connectivity index (χ0) is 17.5. The van der Waals surface area contributed by atoms with Gasteiger partial charge in [-0.2, -0.15) is 0 Å². The van der Waals surface area contributed by atoms with Crippen LogP contribution in [0, 0.1) is 0 Å². The lowest BCUT2D eigenvalue weighted by atomic mass is 10.2. The summed E-state index contributed by atoms with van der Waals surface area (Å²) in [4.78, 5) is 16.0. The molecule has 0 fully saturated rings. The van der Waals surface area contributed by atoms with E-state index in [1.54, 1.807) is 24.5 Å². The summed E-state index contributed by atoms with van der Waals surface area (Å²) in [6.07, 6.45) is 3.45. The number of halogens is 1. The van der Waals surface area contributed by atoms with E-state index >= 15 is 0 Å². The van der Waals surface area contributed by atoms with Gasteiger partial charge < -0.3 is 5.32 Å². The molecule has 0 atom stereocenters. The Labute approximate surface area is 154 Å². The molecule has 2 aromatic heterocycles. The first kappa shape index (κ1) is 17.4. The van der Waals surface area contributed by atoms with Crippen molar-refractivity contribution >= 4 is 29.3 Å². The van der Waals surface area contributed by atoms with Crippen LogP contribution >= 0.6 is 23.4 Å². The normalized spacial score (nSPS) is 10.4. The maximum atomic E-state index is 11.9. The van der Waals surface area contributed by atoms with E-state index in [0.717, 1.165) is 16.8 Å². The van der Waals surface area contributed by atoms with Crippen LogP contribution in [0.3, 0.4) is 0 Å². The van der Waals surface area contributed by atoms with Gasteiger partial charge in [0.2, 0.25) is 5.91 Å². The van der Waals surface area contributed by atoms with E-state index < -0.39 is 0 Å². The molecule has 1 amide bonds. The molecule has 0 spiro atoms. The van der Waals surface area contributed by atoms with Crippen LogP contribution in [-0.4, -0.2) is 26.8 Å². The molecule has 7 heteroatoms. The number of rotatable bonds is 6. The molecule has 1 N–H and O–H groups in total. The molecule has 0 aliphatic carbocycles. The van der Waals surface area contributed by atoms with Crippen molar-refractivity contribution in [2.45, 2.75) is 11.6 Å². The first-order chi connectivity index (χ1) is 12.2. The van der Waals surface area contributed by atoms with Gasteiger partial charge in [-0.3, -0.25) is 9.78 Å². The van der Waals surface area contributed by atoms with E-state index in [9.17, 15) is 4.79 Å². The number of hydrogen-bond donors (Lipinski definition) is 1.